The van der Waals surface area contributed by atoms with Gasteiger partial charge in [0.1, 0.15) is 0 Å². The van der Waals surface area contributed by atoms with Crippen molar-refractivity contribution in [2.75, 3.05) is 11.9 Å². The molecule has 0 aliphatic rings. The van der Waals surface area contributed by atoms with Gasteiger partial charge in [-0.25, -0.2) is 4.79 Å². The maximum Gasteiger partial charge on any atom is 0.411 e. The molecule has 0 spiro atoms. The summed E-state index contributed by atoms with van der Waals surface area (Å²) in [5, 5.41) is 2.67. The third-order valence-electron chi connectivity index (χ3n) is 1.70. The second-order valence-electron chi connectivity index (χ2n) is 2.80. The number of benzene rings is 1. The zero-order valence-electron chi connectivity index (χ0n) is 8.13. The average Bonchev–Trinajstić information content (AvgIpc) is 2.10. The lowest BCUT2D eigenvalue weighted by atomic mass is 10.2. The number of aryl methyl sites for hydroxylation is 1. The molecule has 0 unspecified atom stereocenters. The number of hydrogen-bond donors (Lipinski definition) is 1. The number of amides is 1. The van der Waals surface area contributed by atoms with Crippen LogP contribution in [0.5, 0.6) is 0 Å². The number of ether oxygens (including phenoxy) is 1. The Kier molecular flexibility index (Phi) is 4.19. The zero-order chi connectivity index (χ0) is 10.6. The third-order valence-corrected chi connectivity index (χ3v) is 2.37. The van der Waals surface area contributed by atoms with Gasteiger partial charge in [-0.15, -0.1) is 0 Å². The van der Waals surface area contributed by atoms with Crippen LogP contribution in [0.1, 0.15) is 12.5 Å². The summed E-state index contributed by atoms with van der Waals surface area (Å²) in [5.41, 5.74) is 1.83. The van der Waals surface area contributed by atoms with E-state index in [0.29, 0.717) is 6.61 Å². The van der Waals surface area contributed by atoms with E-state index in [4.69, 9.17) is 4.74 Å². The highest BCUT2D eigenvalue weighted by Crippen LogP contribution is 2.17. The molecule has 4 heteroatoms. The molecule has 1 amide bonds. The van der Waals surface area contributed by atoms with Crippen LogP contribution in [0.25, 0.3) is 0 Å². The smallest absolute Gasteiger partial charge is 0.411 e. The second-order valence-corrected chi connectivity index (χ2v) is 4.05. The molecular weight excluding hydrogens is 293 g/mol. The fraction of sp³-hybridized carbons (Fsp3) is 0.300. The van der Waals surface area contributed by atoms with Crippen molar-refractivity contribution in [3.05, 3.63) is 27.3 Å². The van der Waals surface area contributed by atoms with Gasteiger partial charge in [0.2, 0.25) is 0 Å². The van der Waals surface area contributed by atoms with Crippen LogP contribution < -0.4 is 5.32 Å². The molecule has 0 saturated heterocycles. The monoisotopic (exact) mass is 305 g/mol. The van der Waals surface area contributed by atoms with E-state index in [9.17, 15) is 4.79 Å². The van der Waals surface area contributed by atoms with Crippen LogP contribution in [0.3, 0.4) is 0 Å². The van der Waals surface area contributed by atoms with E-state index < -0.39 is 6.09 Å². The van der Waals surface area contributed by atoms with Crippen LogP contribution in [0.4, 0.5) is 10.5 Å². The topological polar surface area (TPSA) is 38.3 Å². The lowest BCUT2D eigenvalue weighted by Gasteiger charge is -2.08. The number of nitrogens with one attached hydrogen (secondary N) is 1. The molecule has 1 rings (SSSR count). The Morgan fingerprint density at radius 2 is 2.29 bits per heavy atom. The molecule has 76 valence electrons. The first-order valence-corrected chi connectivity index (χ1v) is 5.41. The molecule has 0 aliphatic carbocycles. The third kappa shape index (κ3) is 3.17. The van der Waals surface area contributed by atoms with Crippen molar-refractivity contribution in [2.24, 2.45) is 0 Å². The summed E-state index contributed by atoms with van der Waals surface area (Å²) >= 11 is 2.23. The highest BCUT2D eigenvalue weighted by atomic mass is 127. The zero-order valence-corrected chi connectivity index (χ0v) is 10.3. The molecule has 1 aromatic rings. The van der Waals surface area contributed by atoms with Gasteiger partial charge in [0.05, 0.1) is 6.61 Å². The van der Waals surface area contributed by atoms with Crippen molar-refractivity contribution < 1.29 is 9.53 Å². The molecule has 1 aromatic carbocycles. The SMILES string of the molecule is CCOC(=O)Nc1ccc(I)cc1C. The number of rotatable bonds is 2. The molecule has 3 nitrogen and oxygen atoms in total. The predicted octanol–water partition coefficient (Wildman–Crippen LogP) is 3.17. The van der Waals surface area contributed by atoms with Gasteiger partial charge in [0, 0.05) is 9.26 Å². The summed E-state index contributed by atoms with van der Waals surface area (Å²) in [4.78, 5) is 11.1. The molecule has 0 radical (unpaired) electrons. The fourth-order valence-corrected chi connectivity index (χ4v) is 1.69. The summed E-state index contributed by atoms with van der Waals surface area (Å²) in [5.74, 6) is 0. The second kappa shape index (κ2) is 5.19. The Hall–Kier alpha value is -0.780. The van der Waals surface area contributed by atoms with Crippen LogP contribution in [0.2, 0.25) is 0 Å². The standard InChI is InChI=1S/C10H12INO2/c1-3-14-10(13)12-9-5-4-8(11)6-7(9)2/h4-6H,3H2,1-2H3,(H,12,13). The van der Waals surface area contributed by atoms with Crippen molar-refractivity contribution in [3.63, 3.8) is 0 Å². The van der Waals surface area contributed by atoms with E-state index in [1.165, 1.54) is 0 Å². The first-order valence-electron chi connectivity index (χ1n) is 4.33. The van der Waals surface area contributed by atoms with E-state index >= 15 is 0 Å². The molecule has 0 heterocycles. The molecule has 0 atom stereocenters. The number of hydrogen-bond acceptors (Lipinski definition) is 2. The highest BCUT2D eigenvalue weighted by Gasteiger charge is 2.04. The summed E-state index contributed by atoms with van der Waals surface area (Å²) in [6.45, 7) is 4.11. The minimum atomic E-state index is -0.406. The average molecular weight is 305 g/mol. The van der Waals surface area contributed by atoms with Gasteiger partial charge in [-0.2, -0.15) is 0 Å². The maximum absolute atomic E-state index is 11.1. The van der Waals surface area contributed by atoms with Gasteiger partial charge in [0.15, 0.2) is 0 Å². The summed E-state index contributed by atoms with van der Waals surface area (Å²) in [6.07, 6.45) is -0.406. The van der Waals surface area contributed by atoms with Crippen LogP contribution in [-0.4, -0.2) is 12.7 Å². The van der Waals surface area contributed by atoms with Crippen molar-refractivity contribution in [1.82, 2.24) is 0 Å². The van der Waals surface area contributed by atoms with Gasteiger partial charge in [-0.1, -0.05) is 0 Å². The van der Waals surface area contributed by atoms with Crippen LogP contribution >= 0.6 is 22.6 Å². The molecule has 0 bridgehead atoms. The Balaban J connectivity index is 2.72. The Bertz CT molecular complexity index is 339. The first-order chi connectivity index (χ1) is 6.63. The molecule has 0 aromatic heterocycles. The van der Waals surface area contributed by atoms with Gasteiger partial charge < -0.3 is 4.74 Å². The largest absolute Gasteiger partial charge is 0.450 e. The highest BCUT2D eigenvalue weighted by molar-refractivity contribution is 14.1. The van der Waals surface area contributed by atoms with Crippen LogP contribution in [-0.2, 0) is 4.74 Å². The number of carbonyl (C=O) groups is 1. The van der Waals surface area contributed by atoms with E-state index in [2.05, 4.69) is 27.9 Å². The molecule has 0 aliphatic heterocycles. The lowest BCUT2D eigenvalue weighted by Crippen LogP contribution is -2.14. The van der Waals surface area contributed by atoms with E-state index in [0.717, 1.165) is 14.8 Å². The van der Waals surface area contributed by atoms with Crippen molar-refractivity contribution in [1.29, 1.82) is 0 Å². The maximum atomic E-state index is 11.1. The van der Waals surface area contributed by atoms with Gasteiger partial charge in [0.25, 0.3) is 0 Å². The van der Waals surface area contributed by atoms with E-state index in [-0.39, 0.29) is 0 Å². The number of halogens is 1. The Morgan fingerprint density at radius 3 is 2.86 bits per heavy atom. The van der Waals surface area contributed by atoms with Crippen LogP contribution in [0, 0.1) is 10.5 Å². The lowest BCUT2D eigenvalue weighted by molar-refractivity contribution is 0.168. The Labute approximate surface area is 97.0 Å². The van der Waals surface area contributed by atoms with Crippen LogP contribution in [0.15, 0.2) is 18.2 Å². The summed E-state index contributed by atoms with van der Waals surface area (Å²) < 4.78 is 5.93. The van der Waals surface area contributed by atoms with Gasteiger partial charge >= 0.3 is 6.09 Å². The normalized spacial score (nSPS) is 9.64. The molecular formula is C10H12INO2. The van der Waals surface area contributed by atoms with Crippen molar-refractivity contribution in [3.8, 4) is 0 Å². The van der Waals surface area contributed by atoms with E-state index in [1.807, 2.05) is 25.1 Å². The van der Waals surface area contributed by atoms with Gasteiger partial charge in [-0.3, -0.25) is 5.32 Å². The van der Waals surface area contributed by atoms with Crippen molar-refractivity contribution in [2.45, 2.75) is 13.8 Å². The number of anilines is 1. The van der Waals surface area contributed by atoms with E-state index in [1.54, 1.807) is 6.92 Å². The Morgan fingerprint density at radius 1 is 1.57 bits per heavy atom. The van der Waals surface area contributed by atoms with Crippen molar-refractivity contribution >= 4 is 34.4 Å². The summed E-state index contributed by atoms with van der Waals surface area (Å²) in [6, 6.07) is 5.81. The molecule has 14 heavy (non-hydrogen) atoms. The quantitative estimate of drug-likeness (QED) is 0.852. The molecule has 0 fully saturated rings. The fourth-order valence-electron chi connectivity index (χ4n) is 1.04. The van der Waals surface area contributed by atoms with Gasteiger partial charge in [-0.05, 0) is 60.2 Å². The number of carbonyl (C=O) groups excluding carboxylic acids is 1. The summed E-state index contributed by atoms with van der Waals surface area (Å²) in [7, 11) is 0. The predicted molar refractivity (Wildman–Crippen MR) is 64.5 cm³/mol. The first kappa shape index (κ1) is 11.3. The molecule has 0 saturated carbocycles. The molecule has 1 N–H and O–H groups in total. The minimum Gasteiger partial charge on any atom is -0.450 e. The minimum absolute atomic E-state index is 0.384.